The normalized spacial score (nSPS) is 26.1. The molecule has 0 saturated carbocycles. The summed E-state index contributed by atoms with van der Waals surface area (Å²) in [7, 11) is 3.63. The molecule has 9 nitrogen and oxygen atoms in total. The topological polar surface area (TPSA) is 117 Å². The molecule has 2 aromatic heterocycles. The quantitative estimate of drug-likeness (QED) is 0.311. The fourth-order valence-corrected chi connectivity index (χ4v) is 6.25. The van der Waals surface area contributed by atoms with Gasteiger partial charge in [0.25, 0.3) is 5.56 Å². The molecule has 0 amide bonds. The largest absolute Gasteiger partial charge is 0.494 e. The minimum Gasteiger partial charge on any atom is -0.494 e. The average Bonchev–Trinajstić information content (AvgIpc) is 3.27. The van der Waals surface area contributed by atoms with Crippen LogP contribution >= 0.6 is 0 Å². The third kappa shape index (κ3) is 3.58. The van der Waals surface area contributed by atoms with Gasteiger partial charge >= 0.3 is 5.97 Å². The highest BCUT2D eigenvalue weighted by Crippen LogP contribution is 2.42. The number of pyridine rings is 2. The molecule has 5 heterocycles. The lowest BCUT2D eigenvalue weighted by Crippen LogP contribution is -2.52. The molecule has 200 valence electrons. The standard InChI is InChI=1S/C28H32FN4O5/c1-4-28(36)20-10-23-25-17(12-32(23)26(34)19(20)14-38-27(28)35)18(13-33(2)7-5-15(30)6-8-33)16-9-24(37-3)21(29)11-22(16)31-25/h9-11,15,36H,4-8,12-14,30H2,1-3H3/q+1/t15?,28-,33?/m0/s1. The van der Waals surface area contributed by atoms with Crippen LogP contribution in [0, 0.1) is 5.82 Å². The number of aromatic nitrogens is 2. The molecule has 6 rings (SSSR count). The molecule has 1 fully saturated rings. The zero-order valence-electron chi connectivity index (χ0n) is 21.8. The highest BCUT2D eigenvalue weighted by Gasteiger charge is 2.45. The van der Waals surface area contributed by atoms with Gasteiger partial charge in [0.2, 0.25) is 0 Å². The summed E-state index contributed by atoms with van der Waals surface area (Å²) in [5.74, 6) is -1.15. The number of carbonyl (C=O) groups is 1. The molecule has 1 saturated heterocycles. The van der Waals surface area contributed by atoms with E-state index >= 15 is 0 Å². The first-order valence-electron chi connectivity index (χ1n) is 13.0. The maximum Gasteiger partial charge on any atom is 0.343 e. The van der Waals surface area contributed by atoms with Crippen molar-refractivity contribution in [2.24, 2.45) is 5.73 Å². The summed E-state index contributed by atoms with van der Waals surface area (Å²) in [5.41, 5.74) is 7.89. The van der Waals surface area contributed by atoms with E-state index < -0.39 is 17.4 Å². The number of cyclic esters (lactones) is 1. The summed E-state index contributed by atoms with van der Waals surface area (Å²) >= 11 is 0. The van der Waals surface area contributed by atoms with Gasteiger partial charge in [-0.15, -0.1) is 0 Å². The Kier molecular flexibility index (Phi) is 5.64. The van der Waals surface area contributed by atoms with Crippen molar-refractivity contribution >= 4 is 16.9 Å². The van der Waals surface area contributed by atoms with Crippen LogP contribution in [0.4, 0.5) is 4.39 Å². The summed E-state index contributed by atoms with van der Waals surface area (Å²) in [5, 5.41) is 12.0. The Morgan fingerprint density at radius 3 is 2.68 bits per heavy atom. The van der Waals surface area contributed by atoms with E-state index in [1.807, 2.05) is 0 Å². The monoisotopic (exact) mass is 523 g/mol. The van der Waals surface area contributed by atoms with Crippen LogP contribution in [-0.2, 0) is 34.8 Å². The van der Waals surface area contributed by atoms with E-state index in [1.54, 1.807) is 23.6 Å². The van der Waals surface area contributed by atoms with E-state index in [4.69, 9.17) is 20.2 Å². The Hall–Kier alpha value is -3.34. The summed E-state index contributed by atoms with van der Waals surface area (Å²) in [6.45, 7) is 4.23. The number of hydrogen-bond acceptors (Lipinski definition) is 7. The number of quaternary nitrogens is 1. The predicted molar refractivity (Wildman–Crippen MR) is 138 cm³/mol. The van der Waals surface area contributed by atoms with E-state index in [0.29, 0.717) is 23.4 Å². The number of hydrogen-bond donors (Lipinski definition) is 2. The molecular formula is C28H32FN4O5+. The van der Waals surface area contributed by atoms with Crippen LogP contribution in [0.25, 0.3) is 22.3 Å². The van der Waals surface area contributed by atoms with Gasteiger partial charge in [-0.1, -0.05) is 6.92 Å². The number of likely N-dealkylation sites (tertiary alicyclic amines) is 1. The Morgan fingerprint density at radius 1 is 1.26 bits per heavy atom. The maximum atomic E-state index is 14.8. The van der Waals surface area contributed by atoms with Crippen molar-refractivity contribution in [1.29, 1.82) is 0 Å². The van der Waals surface area contributed by atoms with Crippen molar-refractivity contribution in [1.82, 2.24) is 9.55 Å². The van der Waals surface area contributed by atoms with Crippen LogP contribution in [0.5, 0.6) is 5.75 Å². The third-order valence-corrected chi connectivity index (χ3v) is 8.70. The van der Waals surface area contributed by atoms with Crippen molar-refractivity contribution in [3.8, 4) is 17.1 Å². The van der Waals surface area contributed by atoms with Crippen LogP contribution in [0.1, 0.15) is 48.4 Å². The molecule has 38 heavy (non-hydrogen) atoms. The van der Waals surface area contributed by atoms with Gasteiger partial charge in [0.15, 0.2) is 17.2 Å². The maximum absolute atomic E-state index is 14.8. The third-order valence-electron chi connectivity index (χ3n) is 8.70. The highest BCUT2D eigenvalue weighted by molar-refractivity contribution is 5.90. The van der Waals surface area contributed by atoms with E-state index in [0.717, 1.165) is 46.9 Å². The summed E-state index contributed by atoms with van der Waals surface area (Å²) in [4.78, 5) is 31.0. The van der Waals surface area contributed by atoms with E-state index in [1.165, 1.54) is 13.2 Å². The molecule has 3 aromatic rings. The van der Waals surface area contributed by atoms with Gasteiger partial charge in [0.1, 0.15) is 13.2 Å². The van der Waals surface area contributed by atoms with Crippen molar-refractivity contribution in [3.63, 3.8) is 0 Å². The molecule has 1 atom stereocenters. The number of carbonyl (C=O) groups excluding carboxylic acids is 1. The first kappa shape index (κ1) is 25.0. The fraction of sp³-hybridized carbons (Fsp3) is 0.464. The fourth-order valence-electron chi connectivity index (χ4n) is 6.25. The zero-order valence-corrected chi connectivity index (χ0v) is 21.8. The number of rotatable bonds is 4. The second kappa shape index (κ2) is 8.59. The van der Waals surface area contributed by atoms with Crippen molar-refractivity contribution in [2.45, 2.75) is 57.5 Å². The zero-order chi connectivity index (χ0) is 27.0. The van der Waals surface area contributed by atoms with Gasteiger partial charge in [-0.3, -0.25) is 4.79 Å². The molecule has 0 bridgehead atoms. The summed E-state index contributed by atoms with van der Waals surface area (Å²) in [6, 6.07) is 4.93. The number of ether oxygens (including phenoxy) is 2. The number of fused-ring (bicyclic) bond motifs is 5. The Labute approximate surface area is 219 Å². The molecular weight excluding hydrogens is 491 g/mol. The van der Waals surface area contributed by atoms with Crippen LogP contribution < -0.4 is 16.0 Å². The minimum atomic E-state index is -1.91. The van der Waals surface area contributed by atoms with Crippen molar-refractivity contribution in [3.05, 3.63) is 56.6 Å². The lowest BCUT2D eigenvalue weighted by atomic mass is 9.86. The Balaban J connectivity index is 1.59. The van der Waals surface area contributed by atoms with Crippen LogP contribution in [-0.4, -0.2) is 58.4 Å². The second-order valence-corrected chi connectivity index (χ2v) is 11.1. The van der Waals surface area contributed by atoms with Gasteiger partial charge < -0.3 is 29.4 Å². The molecule has 0 aliphatic carbocycles. The van der Waals surface area contributed by atoms with Gasteiger partial charge in [-0.05, 0) is 18.6 Å². The first-order valence-corrected chi connectivity index (χ1v) is 13.0. The number of nitrogens with two attached hydrogens (primary N) is 1. The van der Waals surface area contributed by atoms with E-state index in [9.17, 15) is 19.1 Å². The number of aliphatic hydroxyl groups is 1. The molecule has 3 aliphatic heterocycles. The molecule has 0 radical (unpaired) electrons. The smallest absolute Gasteiger partial charge is 0.343 e. The lowest BCUT2D eigenvalue weighted by molar-refractivity contribution is -0.927. The SMILES string of the molecule is CC[C@@]1(O)C(=O)OCc2c1cc1n(c2=O)Cc2c-1nc1cc(F)c(OC)cc1c2C[N+]1(C)CCC(N)CC1. The van der Waals surface area contributed by atoms with Crippen molar-refractivity contribution in [2.75, 3.05) is 27.2 Å². The van der Waals surface area contributed by atoms with Crippen molar-refractivity contribution < 1.29 is 28.2 Å². The molecule has 1 aromatic carbocycles. The van der Waals surface area contributed by atoms with E-state index in [2.05, 4.69) is 7.05 Å². The predicted octanol–water partition coefficient (Wildman–Crippen LogP) is 2.29. The Bertz CT molecular complexity index is 1560. The van der Waals surface area contributed by atoms with Crippen LogP contribution in [0.15, 0.2) is 23.0 Å². The number of esters is 1. The van der Waals surface area contributed by atoms with Crippen LogP contribution in [0.3, 0.4) is 0 Å². The molecule has 3 aliphatic rings. The number of benzene rings is 1. The van der Waals surface area contributed by atoms with E-state index in [-0.39, 0.29) is 48.0 Å². The molecule has 0 spiro atoms. The number of nitrogens with zero attached hydrogens (tertiary/aromatic N) is 3. The van der Waals surface area contributed by atoms with Gasteiger partial charge in [0.05, 0.1) is 56.3 Å². The highest BCUT2D eigenvalue weighted by atomic mass is 19.1. The molecule has 3 N–H and O–H groups in total. The lowest BCUT2D eigenvalue weighted by Gasteiger charge is -2.40. The minimum absolute atomic E-state index is 0.0635. The first-order chi connectivity index (χ1) is 18.1. The number of methoxy groups -OCH3 is 1. The summed E-state index contributed by atoms with van der Waals surface area (Å²) in [6.07, 6.45) is 1.89. The average molecular weight is 524 g/mol. The van der Waals surface area contributed by atoms with Gasteiger partial charge in [-0.25, -0.2) is 14.2 Å². The second-order valence-electron chi connectivity index (χ2n) is 11.1. The van der Waals surface area contributed by atoms with Gasteiger partial charge in [-0.2, -0.15) is 0 Å². The van der Waals surface area contributed by atoms with Gasteiger partial charge in [0, 0.05) is 47.0 Å². The number of halogens is 1. The van der Waals surface area contributed by atoms with Crippen LogP contribution in [0.2, 0.25) is 0 Å². The molecule has 10 heteroatoms. The summed E-state index contributed by atoms with van der Waals surface area (Å²) < 4.78 is 27.7. The number of piperidine rings is 1. The molecule has 0 unspecified atom stereocenters. The Morgan fingerprint density at radius 2 is 2.00 bits per heavy atom.